The SMILES string of the molecule is CCCNC(=O)[C@H](CC)N(Cc1ccc(OC)cc1)C(=O)CC(c1ccccc1)c1ccccc1. The van der Waals surface area contributed by atoms with Crippen molar-refractivity contribution in [3.8, 4) is 5.75 Å². The highest BCUT2D eigenvalue weighted by Crippen LogP contribution is 2.29. The van der Waals surface area contributed by atoms with Crippen LogP contribution < -0.4 is 10.1 Å². The Balaban J connectivity index is 1.93. The molecular weight excluding hydrogens is 436 g/mol. The normalized spacial score (nSPS) is 11.7. The Morgan fingerprint density at radius 2 is 1.43 bits per heavy atom. The summed E-state index contributed by atoms with van der Waals surface area (Å²) >= 11 is 0. The molecule has 0 fully saturated rings. The number of hydrogen-bond donors (Lipinski definition) is 1. The van der Waals surface area contributed by atoms with E-state index in [1.54, 1.807) is 12.0 Å². The van der Waals surface area contributed by atoms with Crippen LogP contribution in [0.4, 0.5) is 0 Å². The Morgan fingerprint density at radius 1 is 0.857 bits per heavy atom. The average Bonchev–Trinajstić information content (AvgIpc) is 2.91. The van der Waals surface area contributed by atoms with Gasteiger partial charge in [-0.15, -0.1) is 0 Å². The van der Waals surface area contributed by atoms with Gasteiger partial charge in [-0.05, 0) is 41.7 Å². The molecule has 2 amide bonds. The van der Waals surface area contributed by atoms with Crippen molar-refractivity contribution in [2.75, 3.05) is 13.7 Å². The van der Waals surface area contributed by atoms with Crippen molar-refractivity contribution in [3.63, 3.8) is 0 Å². The van der Waals surface area contributed by atoms with Crippen molar-refractivity contribution in [2.45, 2.75) is 51.6 Å². The van der Waals surface area contributed by atoms with Crippen molar-refractivity contribution < 1.29 is 14.3 Å². The van der Waals surface area contributed by atoms with Crippen molar-refractivity contribution in [2.24, 2.45) is 0 Å². The fourth-order valence-corrected chi connectivity index (χ4v) is 4.30. The van der Waals surface area contributed by atoms with Gasteiger partial charge in [0.05, 0.1) is 7.11 Å². The number of hydrogen-bond acceptors (Lipinski definition) is 3. The molecule has 0 unspecified atom stereocenters. The lowest BCUT2D eigenvalue weighted by atomic mass is 9.88. The Bertz CT molecular complexity index is 1010. The fourth-order valence-electron chi connectivity index (χ4n) is 4.30. The van der Waals surface area contributed by atoms with Gasteiger partial charge in [-0.25, -0.2) is 0 Å². The maximum absolute atomic E-state index is 13.9. The van der Waals surface area contributed by atoms with Crippen molar-refractivity contribution in [1.29, 1.82) is 0 Å². The van der Waals surface area contributed by atoms with Crippen LogP contribution in [0.2, 0.25) is 0 Å². The minimum atomic E-state index is -0.539. The van der Waals surface area contributed by atoms with Gasteiger partial charge >= 0.3 is 0 Å². The lowest BCUT2D eigenvalue weighted by molar-refractivity contribution is -0.141. The van der Waals surface area contributed by atoms with Crippen LogP contribution in [-0.4, -0.2) is 36.4 Å². The fraction of sp³-hybridized carbons (Fsp3) is 0.333. The molecule has 0 aromatic heterocycles. The molecule has 0 aliphatic carbocycles. The van der Waals surface area contributed by atoms with E-state index in [1.807, 2.05) is 74.5 Å². The van der Waals surface area contributed by atoms with E-state index in [9.17, 15) is 9.59 Å². The number of methoxy groups -OCH3 is 1. The number of amides is 2. The first-order valence-corrected chi connectivity index (χ1v) is 12.4. The second-order valence-electron chi connectivity index (χ2n) is 8.66. The molecule has 1 atom stereocenters. The van der Waals surface area contributed by atoms with E-state index < -0.39 is 6.04 Å². The standard InChI is InChI=1S/C30H36N2O3/c1-4-20-31-30(34)28(5-2)32(22-23-16-18-26(35-3)19-17-23)29(33)21-27(24-12-8-6-9-13-24)25-14-10-7-11-15-25/h6-19,27-28H,4-5,20-22H2,1-3H3,(H,31,34)/t28-/m0/s1. The molecule has 5 nitrogen and oxygen atoms in total. The zero-order valence-corrected chi connectivity index (χ0v) is 20.9. The summed E-state index contributed by atoms with van der Waals surface area (Å²) in [7, 11) is 1.63. The summed E-state index contributed by atoms with van der Waals surface area (Å²) in [6.07, 6.45) is 1.67. The van der Waals surface area contributed by atoms with Gasteiger partial charge in [0.1, 0.15) is 11.8 Å². The van der Waals surface area contributed by atoms with E-state index in [0.717, 1.165) is 28.9 Å². The molecule has 0 aliphatic rings. The predicted octanol–water partition coefficient (Wildman–Crippen LogP) is 5.55. The summed E-state index contributed by atoms with van der Waals surface area (Å²) in [6, 6.07) is 27.3. The number of carbonyl (C=O) groups is 2. The molecule has 0 bridgehead atoms. The lowest BCUT2D eigenvalue weighted by Crippen LogP contribution is -2.49. The van der Waals surface area contributed by atoms with E-state index in [2.05, 4.69) is 29.6 Å². The third-order valence-corrected chi connectivity index (χ3v) is 6.23. The molecule has 0 heterocycles. The molecule has 3 rings (SSSR count). The molecule has 0 radical (unpaired) electrons. The quantitative estimate of drug-likeness (QED) is 0.376. The maximum Gasteiger partial charge on any atom is 0.242 e. The van der Waals surface area contributed by atoms with Crippen LogP contribution in [0.1, 0.15) is 55.7 Å². The van der Waals surface area contributed by atoms with Crippen molar-refractivity contribution in [1.82, 2.24) is 10.2 Å². The predicted molar refractivity (Wildman–Crippen MR) is 140 cm³/mol. The summed E-state index contributed by atoms with van der Waals surface area (Å²) < 4.78 is 5.28. The summed E-state index contributed by atoms with van der Waals surface area (Å²) in [5.41, 5.74) is 3.12. The van der Waals surface area contributed by atoms with Crippen LogP contribution >= 0.6 is 0 Å². The topological polar surface area (TPSA) is 58.6 Å². The highest BCUT2D eigenvalue weighted by atomic mass is 16.5. The number of ether oxygens (including phenoxy) is 1. The van der Waals surface area contributed by atoms with E-state index >= 15 is 0 Å². The van der Waals surface area contributed by atoms with Crippen LogP contribution in [-0.2, 0) is 16.1 Å². The zero-order valence-electron chi connectivity index (χ0n) is 20.9. The van der Waals surface area contributed by atoms with Gasteiger partial charge < -0.3 is 15.0 Å². The van der Waals surface area contributed by atoms with Crippen LogP contribution in [0, 0.1) is 0 Å². The Labute approximate surface area is 209 Å². The largest absolute Gasteiger partial charge is 0.497 e. The second kappa shape index (κ2) is 13.3. The molecule has 0 saturated heterocycles. The molecule has 0 saturated carbocycles. The summed E-state index contributed by atoms with van der Waals surface area (Å²) in [5.74, 6) is 0.510. The van der Waals surface area contributed by atoms with E-state index in [0.29, 0.717) is 19.5 Å². The monoisotopic (exact) mass is 472 g/mol. The number of carbonyl (C=O) groups excluding carboxylic acids is 2. The average molecular weight is 473 g/mol. The molecule has 35 heavy (non-hydrogen) atoms. The first kappa shape index (κ1) is 26.0. The molecule has 5 heteroatoms. The third-order valence-electron chi connectivity index (χ3n) is 6.23. The maximum atomic E-state index is 13.9. The Hall–Kier alpha value is -3.60. The summed E-state index contributed by atoms with van der Waals surface area (Å²) in [4.78, 5) is 28.7. The Kier molecular flexibility index (Phi) is 9.91. The van der Waals surface area contributed by atoms with Gasteiger partial charge in [0, 0.05) is 25.4 Å². The van der Waals surface area contributed by atoms with Gasteiger partial charge in [0.25, 0.3) is 0 Å². The minimum Gasteiger partial charge on any atom is -0.497 e. The van der Waals surface area contributed by atoms with Crippen LogP contribution in [0.25, 0.3) is 0 Å². The van der Waals surface area contributed by atoms with Crippen molar-refractivity contribution in [3.05, 3.63) is 102 Å². The van der Waals surface area contributed by atoms with Crippen molar-refractivity contribution >= 4 is 11.8 Å². The molecule has 3 aromatic carbocycles. The van der Waals surface area contributed by atoms with E-state index in [-0.39, 0.29) is 24.2 Å². The molecule has 184 valence electrons. The third kappa shape index (κ3) is 7.19. The lowest BCUT2D eigenvalue weighted by Gasteiger charge is -2.32. The van der Waals surface area contributed by atoms with E-state index in [1.165, 1.54) is 0 Å². The molecule has 0 spiro atoms. The second-order valence-corrected chi connectivity index (χ2v) is 8.66. The smallest absolute Gasteiger partial charge is 0.242 e. The van der Waals surface area contributed by atoms with Crippen LogP contribution in [0.5, 0.6) is 5.75 Å². The first-order valence-electron chi connectivity index (χ1n) is 12.4. The van der Waals surface area contributed by atoms with Gasteiger partial charge in [0.2, 0.25) is 11.8 Å². The Morgan fingerprint density at radius 3 is 1.91 bits per heavy atom. The van der Waals surface area contributed by atoms with Gasteiger partial charge in [-0.3, -0.25) is 9.59 Å². The van der Waals surface area contributed by atoms with Gasteiger partial charge in [0.15, 0.2) is 0 Å². The summed E-state index contributed by atoms with van der Waals surface area (Å²) in [6.45, 7) is 4.93. The van der Waals surface area contributed by atoms with Gasteiger partial charge in [-0.1, -0.05) is 86.6 Å². The minimum absolute atomic E-state index is 0.0444. The van der Waals surface area contributed by atoms with Crippen LogP contribution in [0.15, 0.2) is 84.9 Å². The molecule has 1 N–H and O–H groups in total. The number of nitrogens with zero attached hydrogens (tertiary/aromatic N) is 1. The number of benzene rings is 3. The zero-order chi connectivity index (χ0) is 25.0. The van der Waals surface area contributed by atoms with Gasteiger partial charge in [-0.2, -0.15) is 0 Å². The number of nitrogens with one attached hydrogen (secondary N) is 1. The molecular formula is C30H36N2O3. The number of rotatable bonds is 12. The van der Waals surface area contributed by atoms with E-state index in [4.69, 9.17) is 4.74 Å². The van der Waals surface area contributed by atoms with Crippen LogP contribution in [0.3, 0.4) is 0 Å². The summed E-state index contributed by atoms with van der Waals surface area (Å²) in [5, 5.41) is 2.99. The first-order chi connectivity index (χ1) is 17.1. The highest BCUT2D eigenvalue weighted by molar-refractivity contribution is 5.88. The highest BCUT2D eigenvalue weighted by Gasteiger charge is 2.30. The molecule has 0 aliphatic heterocycles. The molecule has 3 aromatic rings.